The molecule has 3 atom stereocenters. The Morgan fingerprint density at radius 2 is 2.00 bits per heavy atom. The summed E-state index contributed by atoms with van der Waals surface area (Å²) in [6.45, 7) is 2.84. The third-order valence-corrected chi connectivity index (χ3v) is 3.12. The molecule has 1 aromatic rings. The van der Waals surface area contributed by atoms with Gasteiger partial charge in [-0.1, -0.05) is 6.92 Å². The molecule has 3 unspecified atom stereocenters. The van der Waals surface area contributed by atoms with Crippen molar-refractivity contribution in [1.82, 2.24) is 0 Å². The average molecular weight is 312 g/mol. The average Bonchev–Trinajstić information content (AvgIpc) is 2.49. The summed E-state index contributed by atoms with van der Waals surface area (Å²) in [5, 5.41) is 9.85. The van der Waals surface area contributed by atoms with E-state index in [0.29, 0.717) is 25.2 Å². The lowest BCUT2D eigenvalue weighted by molar-refractivity contribution is 0.0961. The minimum Gasteiger partial charge on any atom is -0.491 e. The zero-order valence-corrected chi connectivity index (χ0v) is 13.4. The maximum Gasteiger partial charge on any atom is 0.123 e. The molecule has 0 amide bonds. The molecular formula is C16H22FO3P. The van der Waals surface area contributed by atoms with E-state index in [2.05, 4.69) is 21.3 Å². The van der Waals surface area contributed by atoms with E-state index >= 15 is 0 Å². The molecule has 0 spiro atoms. The SMILES string of the molecule is CC(C#CCCOP)CCC(O)COc1ccc(F)cc1. The number of halogens is 1. The van der Waals surface area contributed by atoms with Crippen LogP contribution in [0.3, 0.4) is 0 Å². The van der Waals surface area contributed by atoms with Gasteiger partial charge in [-0.2, -0.15) is 0 Å². The molecule has 0 radical (unpaired) electrons. The summed E-state index contributed by atoms with van der Waals surface area (Å²) in [6.07, 6.45) is 1.60. The molecule has 5 heteroatoms. The molecule has 3 nitrogen and oxygen atoms in total. The van der Waals surface area contributed by atoms with Crippen molar-refractivity contribution in [1.29, 1.82) is 0 Å². The Morgan fingerprint density at radius 1 is 1.29 bits per heavy atom. The number of hydrogen-bond acceptors (Lipinski definition) is 3. The van der Waals surface area contributed by atoms with Crippen molar-refractivity contribution in [2.75, 3.05) is 13.2 Å². The Bertz CT molecular complexity index is 453. The van der Waals surface area contributed by atoms with Crippen molar-refractivity contribution in [2.24, 2.45) is 5.92 Å². The quantitative estimate of drug-likeness (QED) is 0.455. The monoisotopic (exact) mass is 312 g/mol. The molecule has 1 aromatic carbocycles. The van der Waals surface area contributed by atoms with Crippen LogP contribution in [0.1, 0.15) is 26.2 Å². The lowest BCUT2D eigenvalue weighted by Crippen LogP contribution is -2.18. The van der Waals surface area contributed by atoms with Crippen LogP contribution in [0, 0.1) is 23.6 Å². The molecule has 0 saturated carbocycles. The lowest BCUT2D eigenvalue weighted by Gasteiger charge is -2.13. The molecule has 21 heavy (non-hydrogen) atoms. The van der Waals surface area contributed by atoms with E-state index in [1.54, 1.807) is 12.1 Å². The van der Waals surface area contributed by atoms with Crippen molar-refractivity contribution in [2.45, 2.75) is 32.3 Å². The summed E-state index contributed by atoms with van der Waals surface area (Å²) in [4.78, 5) is 0. The Hall–Kier alpha value is -1.14. The Morgan fingerprint density at radius 3 is 2.67 bits per heavy atom. The predicted molar refractivity (Wildman–Crippen MR) is 84.4 cm³/mol. The highest BCUT2D eigenvalue weighted by molar-refractivity contribution is 7.09. The van der Waals surface area contributed by atoms with Gasteiger partial charge >= 0.3 is 0 Å². The first-order chi connectivity index (χ1) is 10.1. The maximum atomic E-state index is 12.7. The van der Waals surface area contributed by atoms with Crippen molar-refractivity contribution in [3.63, 3.8) is 0 Å². The van der Waals surface area contributed by atoms with Gasteiger partial charge in [-0.25, -0.2) is 4.39 Å². The fraction of sp³-hybridized carbons (Fsp3) is 0.500. The Balaban J connectivity index is 2.19. The predicted octanol–water partition coefficient (Wildman–Crippen LogP) is 3.18. The number of hydrogen-bond donors (Lipinski definition) is 1. The molecular weight excluding hydrogens is 290 g/mol. The van der Waals surface area contributed by atoms with E-state index in [1.807, 2.05) is 6.92 Å². The fourth-order valence-electron chi connectivity index (χ4n) is 1.68. The van der Waals surface area contributed by atoms with Crippen LogP contribution in [-0.4, -0.2) is 24.4 Å². The third kappa shape index (κ3) is 8.67. The molecule has 0 aliphatic carbocycles. The van der Waals surface area contributed by atoms with Crippen LogP contribution in [0.2, 0.25) is 0 Å². The van der Waals surface area contributed by atoms with Gasteiger partial charge < -0.3 is 14.4 Å². The van der Waals surface area contributed by atoms with Gasteiger partial charge in [-0.05, 0) is 37.1 Å². The summed E-state index contributed by atoms with van der Waals surface area (Å²) in [5.41, 5.74) is 0. The molecule has 0 bridgehead atoms. The van der Waals surface area contributed by atoms with Gasteiger partial charge in [0.1, 0.15) is 18.2 Å². The molecule has 0 aliphatic heterocycles. The Kier molecular flexibility index (Phi) is 9.01. The highest BCUT2D eigenvalue weighted by Gasteiger charge is 2.07. The van der Waals surface area contributed by atoms with Gasteiger partial charge in [0.25, 0.3) is 0 Å². The first-order valence-electron chi connectivity index (χ1n) is 6.98. The van der Waals surface area contributed by atoms with Crippen molar-refractivity contribution < 1.29 is 18.8 Å². The lowest BCUT2D eigenvalue weighted by atomic mass is 10.0. The molecule has 1 rings (SSSR count). The summed E-state index contributed by atoms with van der Waals surface area (Å²) >= 11 is 0. The van der Waals surface area contributed by atoms with Crippen molar-refractivity contribution in [3.05, 3.63) is 30.1 Å². The van der Waals surface area contributed by atoms with Crippen LogP contribution in [0.15, 0.2) is 24.3 Å². The second-order valence-corrected chi connectivity index (χ2v) is 5.17. The van der Waals surface area contributed by atoms with Crippen molar-refractivity contribution in [3.8, 4) is 17.6 Å². The topological polar surface area (TPSA) is 38.7 Å². The van der Waals surface area contributed by atoms with Gasteiger partial charge in [-0.15, -0.1) is 11.8 Å². The van der Waals surface area contributed by atoms with Gasteiger partial charge in [-0.3, -0.25) is 0 Å². The first-order valence-corrected chi connectivity index (χ1v) is 7.45. The molecule has 1 N–H and O–H groups in total. The number of ether oxygens (including phenoxy) is 1. The highest BCUT2D eigenvalue weighted by atomic mass is 31.0. The molecule has 0 heterocycles. The molecule has 0 saturated heterocycles. The summed E-state index contributed by atoms with van der Waals surface area (Å²) in [7, 11) is 2.20. The second kappa shape index (κ2) is 10.6. The highest BCUT2D eigenvalue weighted by Crippen LogP contribution is 2.13. The van der Waals surface area contributed by atoms with Gasteiger partial charge in [0.15, 0.2) is 0 Å². The van der Waals surface area contributed by atoms with E-state index in [4.69, 9.17) is 9.26 Å². The van der Waals surface area contributed by atoms with Crippen LogP contribution in [0.4, 0.5) is 4.39 Å². The summed E-state index contributed by atoms with van der Waals surface area (Å²) < 4.78 is 23.0. The largest absolute Gasteiger partial charge is 0.491 e. The maximum absolute atomic E-state index is 12.7. The van der Waals surface area contributed by atoms with E-state index in [1.165, 1.54) is 12.1 Å². The van der Waals surface area contributed by atoms with Crippen molar-refractivity contribution >= 4 is 9.47 Å². The van der Waals surface area contributed by atoms with Crippen LogP contribution >= 0.6 is 9.47 Å². The van der Waals surface area contributed by atoms with E-state index in [-0.39, 0.29) is 18.3 Å². The minimum absolute atomic E-state index is 0.201. The Labute approximate surface area is 128 Å². The first kappa shape index (κ1) is 17.9. The van der Waals surface area contributed by atoms with E-state index in [0.717, 1.165) is 6.42 Å². The number of aliphatic hydroxyl groups excluding tert-OH is 1. The van der Waals surface area contributed by atoms with Crippen LogP contribution in [-0.2, 0) is 4.52 Å². The number of rotatable bonds is 8. The zero-order chi connectivity index (χ0) is 15.5. The molecule has 0 fully saturated rings. The molecule has 0 aromatic heterocycles. The van der Waals surface area contributed by atoms with Gasteiger partial charge in [0.05, 0.1) is 12.7 Å². The van der Waals surface area contributed by atoms with Crippen LogP contribution < -0.4 is 4.74 Å². The van der Waals surface area contributed by atoms with Crippen LogP contribution in [0.25, 0.3) is 0 Å². The standard InChI is InChI=1S/C16H22FO3P/c1-13(4-2-3-11-20-21)5-8-15(18)12-19-16-9-6-14(17)7-10-16/h6-7,9-10,13,15,18H,3,5,8,11-12,21H2,1H3. The minimum atomic E-state index is -0.547. The molecule has 0 aliphatic rings. The normalized spacial score (nSPS) is 13.1. The second-order valence-electron chi connectivity index (χ2n) is 4.84. The van der Waals surface area contributed by atoms with E-state index in [9.17, 15) is 9.50 Å². The summed E-state index contributed by atoms with van der Waals surface area (Å²) in [6, 6.07) is 5.75. The van der Waals surface area contributed by atoms with E-state index < -0.39 is 6.10 Å². The van der Waals surface area contributed by atoms with Gasteiger partial charge in [0.2, 0.25) is 0 Å². The van der Waals surface area contributed by atoms with Gasteiger partial charge in [0, 0.05) is 21.8 Å². The number of aliphatic hydroxyl groups is 1. The fourth-order valence-corrected chi connectivity index (χ4v) is 1.80. The zero-order valence-electron chi connectivity index (χ0n) is 12.2. The smallest absolute Gasteiger partial charge is 0.123 e. The summed E-state index contributed by atoms with van der Waals surface area (Å²) in [5.74, 6) is 6.64. The molecule has 116 valence electrons. The third-order valence-electron chi connectivity index (χ3n) is 2.88. The number of benzene rings is 1. The van der Waals surface area contributed by atoms with Crippen LogP contribution in [0.5, 0.6) is 5.75 Å².